The summed E-state index contributed by atoms with van der Waals surface area (Å²) in [5.41, 5.74) is 0. The minimum absolute atomic E-state index is 0.279. The average molecular weight is 292 g/mol. The first-order valence-corrected chi connectivity index (χ1v) is 6.79. The van der Waals surface area contributed by atoms with E-state index in [0.29, 0.717) is 26.1 Å². The molecule has 0 radical (unpaired) electrons. The average Bonchev–Trinajstić information content (AvgIpc) is 2.37. The molecule has 118 valence electrons. The molecule has 0 aliphatic rings. The Labute approximate surface area is 118 Å². The number of hydrogen-bond donors (Lipinski definition) is 3. The van der Waals surface area contributed by atoms with Crippen LogP contribution in [-0.4, -0.2) is 59.8 Å². The highest BCUT2D eigenvalue weighted by atomic mass is 16.5. The molecule has 7 nitrogen and oxygen atoms in total. The van der Waals surface area contributed by atoms with Gasteiger partial charge in [0.2, 0.25) is 0 Å². The van der Waals surface area contributed by atoms with Crippen molar-refractivity contribution in [3.8, 4) is 0 Å². The summed E-state index contributed by atoms with van der Waals surface area (Å²) in [5, 5.41) is 26.3. The lowest BCUT2D eigenvalue weighted by Crippen LogP contribution is -2.10. The molecule has 0 amide bonds. The van der Waals surface area contributed by atoms with Crippen molar-refractivity contribution in [2.24, 2.45) is 0 Å². The zero-order valence-corrected chi connectivity index (χ0v) is 11.6. The van der Waals surface area contributed by atoms with Crippen molar-refractivity contribution in [2.45, 2.75) is 44.6 Å². The Morgan fingerprint density at radius 2 is 1.20 bits per heavy atom. The van der Waals surface area contributed by atoms with Gasteiger partial charge < -0.3 is 24.8 Å². The lowest BCUT2D eigenvalue weighted by Gasteiger charge is -2.10. The Kier molecular flexibility index (Phi) is 12.1. The molecule has 0 unspecified atom stereocenters. The van der Waals surface area contributed by atoms with E-state index in [4.69, 9.17) is 19.7 Å². The number of ether oxygens (including phenoxy) is 2. The Balaban J connectivity index is 3.22. The van der Waals surface area contributed by atoms with Gasteiger partial charge in [-0.25, -0.2) is 9.59 Å². The molecule has 0 aliphatic heterocycles. The van der Waals surface area contributed by atoms with Gasteiger partial charge >= 0.3 is 11.9 Å². The van der Waals surface area contributed by atoms with E-state index in [1.165, 1.54) is 0 Å². The van der Waals surface area contributed by atoms with E-state index in [1.54, 1.807) is 0 Å². The first kappa shape index (κ1) is 18.8. The lowest BCUT2D eigenvalue weighted by molar-refractivity contribution is -0.143. The van der Waals surface area contributed by atoms with Crippen LogP contribution in [0.25, 0.3) is 0 Å². The van der Waals surface area contributed by atoms with Gasteiger partial charge in [-0.15, -0.1) is 0 Å². The fraction of sp³-hybridized carbons (Fsp3) is 0.846. The highest BCUT2D eigenvalue weighted by molar-refractivity contribution is 5.68. The molecular weight excluding hydrogens is 268 g/mol. The smallest absolute Gasteiger partial charge is 0.329 e. The largest absolute Gasteiger partial charge is 0.480 e. The van der Waals surface area contributed by atoms with Gasteiger partial charge in [-0.2, -0.15) is 0 Å². The van der Waals surface area contributed by atoms with Crippen LogP contribution in [0.2, 0.25) is 0 Å². The molecule has 0 aromatic heterocycles. The van der Waals surface area contributed by atoms with E-state index in [9.17, 15) is 14.7 Å². The van der Waals surface area contributed by atoms with Crippen LogP contribution >= 0.6 is 0 Å². The summed E-state index contributed by atoms with van der Waals surface area (Å²) in [4.78, 5) is 20.3. The van der Waals surface area contributed by atoms with Crippen molar-refractivity contribution in [3.05, 3.63) is 0 Å². The van der Waals surface area contributed by atoms with Gasteiger partial charge in [0.25, 0.3) is 0 Å². The van der Waals surface area contributed by atoms with Crippen molar-refractivity contribution in [1.82, 2.24) is 0 Å². The Bertz CT molecular complexity index is 241. The third-order valence-electron chi connectivity index (χ3n) is 2.60. The van der Waals surface area contributed by atoms with Gasteiger partial charge in [-0.05, 0) is 38.5 Å². The fourth-order valence-corrected chi connectivity index (χ4v) is 1.63. The van der Waals surface area contributed by atoms with Crippen LogP contribution in [0.15, 0.2) is 0 Å². The van der Waals surface area contributed by atoms with Gasteiger partial charge in [-0.3, -0.25) is 0 Å². The van der Waals surface area contributed by atoms with Gasteiger partial charge in [0.1, 0.15) is 13.2 Å². The highest BCUT2D eigenvalue weighted by Gasteiger charge is 2.04. The minimum atomic E-state index is -0.977. The zero-order valence-electron chi connectivity index (χ0n) is 11.6. The number of hydrogen-bond acceptors (Lipinski definition) is 5. The van der Waals surface area contributed by atoms with Crippen molar-refractivity contribution >= 4 is 11.9 Å². The summed E-state index contributed by atoms with van der Waals surface area (Å²) in [6.07, 6.45) is 3.97. The second-order valence-electron chi connectivity index (χ2n) is 4.54. The van der Waals surface area contributed by atoms with E-state index >= 15 is 0 Å². The highest BCUT2D eigenvalue weighted by Crippen LogP contribution is 2.08. The third-order valence-corrected chi connectivity index (χ3v) is 2.60. The molecule has 0 aromatic carbocycles. The molecule has 0 aromatic rings. The Morgan fingerprint density at radius 3 is 1.55 bits per heavy atom. The molecule has 7 heteroatoms. The van der Waals surface area contributed by atoms with Crippen LogP contribution in [0.3, 0.4) is 0 Å². The number of carboxylic acid groups (broad SMARTS) is 2. The molecule has 0 spiro atoms. The monoisotopic (exact) mass is 292 g/mol. The fourth-order valence-electron chi connectivity index (χ4n) is 1.63. The molecule has 0 saturated carbocycles. The van der Waals surface area contributed by atoms with E-state index < -0.39 is 11.9 Å². The zero-order chi connectivity index (χ0) is 15.2. The second kappa shape index (κ2) is 12.8. The number of carbonyl (C=O) groups is 2. The van der Waals surface area contributed by atoms with Crippen LogP contribution in [0.1, 0.15) is 38.5 Å². The van der Waals surface area contributed by atoms with Crippen LogP contribution in [-0.2, 0) is 19.1 Å². The summed E-state index contributed by atoms with van der Waals surface area (Å²) in [6.45, 7) is 0.224. The molecule has 0 bridgehead atoms. The molecule has 0 heterocycles. The molecule has 0 saturated heterocycles. The SMILES string of the molecule is O=C(O)COCCCCC(O)CCCCOCC(=O)O. The number of carboxylic acids is 2. The molecule has 0 fully saturated rings. The van der Waals surface area contributed by atoms with Crippen LogP contribution in [0.5, 0.6) is 0 Å². The number of unbranched alkanes of at least 4 members (excludes halogenated alkanes) is 2. The maximum atomic E-state index is 10.2. The Morgan fingerprint density at radius 1 is 0.800 bits per heavy atom. The van der Waals surface area contributed by atoms with Crippen molar-refractivity contribution < 1.29 is 34.4 Å². The molecular formula is C13H24O7. The lowest BCUT2D eigenvalue weighted by atomic mass is 10.1. The predicted molar refractivity (Wildman–Crippen MR) is 70.6 cm³/mol. The maximum Gasteiger partial charge on any atom is 0.329 e. The van der Waals surface area contributed by atoms with Crippen molar-refractivity contribution in [2.75, 3.05) is 26.4 Å². The summed E-state index contributed by atoms with van der Waals surface area (Å²) in [6, 6.07) is 0. The van der Waals surface area contributed by atoms with Gasteiger partial charge in [0.05, 0.1) is 6.10 Å². The second-order valence-corrected chi connectivity index (χ2v) is 4.54. The topological polar surface area (TPSA) is 113 Å². The number of aliphatic hydroxyl groups is 1. The van der Waals surface area contributed by atoms with Gasteiger partial charge in [-0.1, -0.05) is 0 Å². The van der Waals surface area contributed by atoms with E-state index in [0.717, 1.165) is 25.7 Å². The third kappa shape index (κ3) is 14.9. The summed E-state index contributed by atoms with van der Waals surface area (Å²) in [7, 11) is 0. The van der Waals surface area contributed by atoms with Crippen molar-refractivity contribution in [1.29, 1.82) is 0 Å². The van der Waals surface area contributed by atoms with E-state index in [1.807, 2.05) is 0 Å². The van der Waals surface area contributed by atoms with Crippen molar-refractivity contribution in [3.63, 3.8) is 0 Å². The molecule has 0 aliphatic carbocycles. The molecule has 0 atom stereocenters. The van der Waals surface area contributed by atoms with Gasteiger partial charge in [0, 0.05) is 13.2 Å². The number of aliphatic carboxylic acids is 2. The standard InChI is InChI=1S/C13H24O7/c14-11(5-1-3-7-19-9-12(15)16)6-2-4-8-20-10-13(17)18/h11,14H,1-10H2,(H,15,16)(H,17,18). The normalized spacial score (nSPS) is 10.9. The van der Waals surface area contributed by atoms with E-state index in [-0.39, 0.29) is 19.3 Å². The van der Waals surface area contributed by atoms with Crippen LogP contribution in [0, 0.1) is 0 Å². The number of aliphatic hydroxyl groups excluding tert-OH is 1. The maximum absolute atomic E-state index is 10.2. The molecule has 0 rings (SSSR count). The quantitative estimate of drug-likeness (QED) is 0.407. The van der Waals surface area contributed by atoms with Crippen LogP contribution < -0.4 is 0 Å². The molecule has 3 N–H and O–H groups in total. The van der Waals surface area contributed by atoms with E-state index in [2.05, 4.69) is 0 Å². The summed E-state index contributed by atoms with van der Waals surface area (Å²) < 4.78 is 9.75. The first-order chi connectivity index (χ1) is 9.52. The first-order valence-electron chi connectivity index (χ1n) is 6.79. The summed E-state index contributed by atoms with van der Waals surface area (Å²) in [5.74, 6) is -1.95. The predicted octanol–water partition coefficient (Wildman–Crippen LogP) is 0.890. The Hall–Kier alpha value is -1.18. The van der Waals surface area contributed by atoms with Crippen LogP contribution in [0.4, 0.5) is 0 Å². The number of rotatable bonds is 14. The van der Waals surface area contributed by atoms with Gasteiger partial charge in [0.15, 0.2) is 0 Å². The summed E-state index contributed by atoms with van der Waals surface area (Å²) >= 11 is 0. The minimum Gasteiger partial charge on any atom is -0.480 e. The molecule has 20 heavy (non-hydrogen) atoms.